The van der Waals surface area contributed by atoms with E-state index in [0.29, 0.717) is 0 Å². The standard InChI is InChI=1S/C13H19F3N2O2/c1-9(7-19)10(2)18-6-5-11(17-18)20-8-12(3,4)13(14,15)16/h5-7,9-10H,8H2,1-4H3/t9-,10?/m1/s1. The molecule has 1 heterocycles. The van der Waals surface area contributed by atoms with Crippen molar-refractivity contribution in [2.45, 2.75) is 39.9 Å². The Morgan fingerprint density at radius 3 is 2.50 bits per heavy atom. The van der Waals surface area contributed by atoms with Gasteiger partial charge in [0.25, 0.3) is 0 Å². The lowest BCUT2D eigenvalue weighted by atomic mass is 9.94. The molecule has 0 amide bonds. The van der Waals surface area contributed by atoms with E-state index >= 15 is 0 Å². The van der Waals surface area contributed by atoms with Crippen LogP contribution in [0.25, 0.3) is 0 Å². The first-order chi connectivity index (χ1) is 9.08. The number of alkyl halides is 3. The molecule has 0 aliphatic carbocycles. The van der Waals surface area contributed by atoms with Gasteiger partial charge in [-0.15, -0.1) is 5.10 Å². The van der Waals surface area contributed by atoms with E-state index in [1.165, 1.54) is 10.7 Å². The summed E-state index contributed by atoms with van der Waals surface area (Å²) in [5.74, 6) is -0.123. The molecule has 114 valence electrons. The summed E-state index contributed by atoms with van der Waals surface area (Å²) in [4.78, 5) is 10.7. The van der Waals surface area contributed by atoms with E-state index in [2.05, 4.69) is 5.10 Å². The lowest BCUT2D eigenvalue weighted by molar-refractivity contribution is -0.219. The van der Waals surface area contributed by atoms with Gasteiger partial charge in [0.1, 0.15) is 12.9 Å². The highest BCUT2D eigenvalue weighted by atomic mass is 19.4. The van der Waals surface area contributed by atoms with Crippen molar-refractivity contribution in [2.24, 2.45) is 11.3 Å². The first-order valence-corrected chi connectivity index (χ1v) is 6.28. The van der Waals surface area contributed by atoms with Crippen LogP contribution in [-0.4, -0.2) is 28.8 Å². The van der Waals surface area contributed by atoms with Gasteiger partial charge in [-0.25, -0.2) is 0 Å². The molecule has 0 bridgehead atoms. The molecule has 0 saturated carbocycles. The van der Waals surface area contributed by atoms with E-state index in [4.69, 9.17) is 4.74 Å². The molecular formula is C13H19F3N2O2. The van der Waals surface area contributed by atoms with Gasteiger partial charge in [-0.05, 0) is 20.8 Å². The molecule has 1 aromatic rings. The number of halogens is 3. The summed E-state index contributed by atoms with van der Waals surface area (Å²) in [6, 6.07) is 1.31. The topological polar surface area (TPSA) is 44.1 Å². The zero-order valence-electron chi connectivity index (χ0n) is 11.9. The molecule has 0 aliphatic heterocycles. The minimum absolute atomic E-state index is 0.118. The van der Waals surface area contributed by atoms with Gasteiger partial charge < -0.3 is 9.53 Å². The Kier molecular flexibility index (Phi) is 4.83. The number of nitrogens with zero attached hydrogens (tertiary/aromatic N) is 2. The number of aromatic nitrogens is 2. The monoisotopic (exact) mass is 292 g/mol. The molecule has 1 rings (SSSR count). The van der Waals surface area contributed by atoms with Crippen LogP contribution in [0.2, 0.25) is 0 Å². The Morgan fingerprint density at radius 1 is 1.40 bits per heavy atom. The fourth-order valence-corrected chi connectivity index (χ4v) is 1.32. The molecule has 2 atom stereocenters. The largest absolute Gasteiger partial charge is 0.476 e. The van der Waals surface area contributed by atoms with Crippen molar-refractivity contribution < 1.29 is 22.7 Å². The maximum Gasteiger partial charge on any atom is 0.397 e. The van der Waals surface area contributed by atoms with Crippen molar-refractivity contribution in [2.75, 3.05) is 6.61 Å². The molecule has 20 heavy (non-hydrogen) atoms. The normalized spacial score (nSPS) is 15.8. The molecule has 0 saturated heterocycles. The minimum atomic E-state index is -4.34. The number of ether oxygens (including phenoxy) is 1. The fraction of sp³-hybridized carbons (Fsp3) is 0.692. The van der Waals surface area contributed by atoms with E-state index in [-0.39, 0.29) is 17.8 Å². The Labute approximate surface area is 115 Å². The predicted octanol–water partition coefficient (Wildman–Crippen LogP) is 3.25. The summed E-state index contributed by atoms with van der Waals surface area (Å²) >= 11 is 0. The maximum atomic E-state index is 12.7. The Morgan fingerprint density at radius 2 is 2.00 bits per heavy atom. The molecule has 7 heteroatoms. The van der Waals surface area contributed by atoms with Gasteiger partial charge in [-0.3, -0.25) is 4.68 Å². The third-order valence-corrected chi connectivity index (χ3v) is 3.33. The molecule has 1 aromatic heterocycles. The first kappa shape index (κ1) is 16.5. The number of hydrogen-bond acceptors (Lipinski definition) is 3. The molecule has 4 nitrogen and oxygen atoms in total. The maximum absolute atomic E-state index is 12.7. The molecule has 0 radical (unpaired) electrons. The number of rotatable bonds is 6. The van der Waals surface area contributed by atoms with Crippen LogP contribution in [0.4, 0.5) is 13.2 Å². The lowest BCUT2D eigenvalue weighted by Gasteiger charge is -2.26. The number of hydrogen-bond donors (Lipinski definition) is 0. The highest BCUT2D eigenvalue weighted by molar-refractivity contribution is 5.53. The van der Waals surface area contributed by atoms with Crippen molar-refractivity contribution in [1.29, 1.82) is 0 Å². The summed E-state index contributed by atoms with van der Waals surface area (Å²) in [6.07, 6.45) is -1.95. The number of carbonyl (C=O) groups is 1. The fourth-order valence-electron chi connectivity index (χ4n) is 1.32. The molecule has 1 unspecified atom stereocenters. The van der Waals surface area contributed by atoms with Crippen LogP contribution >= 0.6 is 0 Å². The molecule has 0 aromatic carbocycles. The van der Waals surface area contributed by atoms with Crippen LogP contribution in [0.15, 0.2) is 12.3 Å². The van der Waals surface area contributed by atoms with Crippen LogP contribution < -0.4 is 4.74 Å². The average molecular weight is 292 g/mol. The smallest absolute Gasteiger partial charge is 0.397 e. The lowest BCUT2D eigenvalue weighted by Crippen LogP contribution is -2.37. The molecule has 0 aliphatic rings. The van der Waals surface area contributed by atoms with Crippen LogP contribution in [-0.2, 0) is 4.79 Å². The van der Waals surface area contributed by atoms with Gasteiger partial charge >= 0.3 is 6.18 Å². The summed E-state index contributed by atoms with van der Waals surface area (Å²) in [6.45, 7) is 5.18. The second-order valence-corrected chi connectivity index (χ2v) is 5.54. The Balaban J connectivity index is 2.68. The number of carbonyl (C=O) groups excluding carboxylic acids is 1. The van der Waals surface area contributed by atoms with Crippen molar-refractivity contribution >= 4 is 6.29 Å². The SMILES string of the molecule is CC([C@H](C)C=O)n1ccc(OCC(C)(C)C(F)(F)F)n1. The first-order valence-electron chi connectivity index (χ1n) is 6.28. The molecule has 0 fully saturated rings. The van der Waals surface area contributed by atoms with Crippen molar-refractivity contribution in [3.63, 3.8) is 0 Å². The number of aldehydes is 1. The summed E-state index contributed by atoms with van der Waals surface area (Å²) in [5.41, 5.74) is -1.95. The van der Waals surface area contributed by atoms with Crippen molar-refractivity contribution in [3.05, 3.63) is 12.3 Å². The second kappa shape index (κ2) is 5.85. The quantitative estimate of drug-likeness (QED) is 0.756. The molecule has 0 N–H and O–H groups in total. The van der Waals surface area contributed by atoms with Gasteiger partial charge in [0.05, 0.1) is 11.5 Å². The average Bonchev–Trinajstić information content (AvgIpc) is 2.82. The summed E-state index contributed by atoms with van der Waals surface area (Å²) < 4.78 is 44.6. The predicted molar refractivity (Wildman–Crippen MR) is 67.5 cm³/mol. The second-order valence-electron chi connectivity index (χ2n) is 5.54. The van der Waals surface area contributed by atoms with E-state index in [9.17, 15) is 18.0 Å². The van der Waals surface area contributed by atoms with Gasteiger partial charge in [0.2, 0.25) is 5.88 Å². The van der Waals surface area contributed by atoms with Gasteiger partial charge in [-0.1, -0.05) is 6.92 Å². The zero-order valence-corrected chi connectivity index (χ0v) is 11.9. The van der Waals surface area contributed by atoms with E-state index in [1.807, 2.05) is 0 Å². The van der Waals surface area contributed by atoms with Crippen molar-refractivity contribution in [1.82, 2.24) is 9.78 Å². The van der Waals surface area contributed by atoms with Gasteiger partial charge in [-0.2, -0.15) is 13.2 Å². The van der Waals surface area contributed by atoms with Gasteiger partial charge in [0, 0.05) is 18.2 Å². The van der Waals surface area contributed by atoms with Crippen LogP contribution in [0.3, 0.4) is 0 Å². The molecule has 0 spiro atoms. The highest BCUT2D eigenvalue weighted by Gasteiger charge is 2.48. The van der Waals surface area contributed by atoms with Crippen LogP contribution in [0.5, 0.6) is 5.88 Å². The zero-order chi connectivity index (χ0) is 15.6. The van der Waals surface area contributed by atoms with Crippen molar-refractivity contribution in [3.8, 4) is 5.88 Å². The third kappa shape index (κ3) is 3.74. The molecular weight excluding hydrogens is 273 g/mol. The third-order valence-electron chi connectivity index (χ3n) is 3.33. The van der Waals surface area contributed by atoms with Crippen LogP contribution in [0.1, 0.15) is 33.7 Å². The minimum Gasteiger partial charge on any atom is -0.476 e. The summed E-state index contributed by atoms with van der Waals surface area (Å²) in [7, 11) is 0. The summed E-state index contributed by atoms with van der Waals surface area (Å²) in [5, 5.41) is 4.03. The Hall–Kier alpha value is -1.53. The van der Waals surface area contributed by atoms with E-state index < -0.39 is 18.2 Å². The van der Waals surface area contributed by atoms with Gasteiger partial charge in [0.15, 0.2) is 0 Å². The van der Waals surface area contributed by atoms with E-state index in [1.54, 1.807) is 20.0 Å². The Bertz CT molecular complexity index is 455. The van der Waals surface area contributed by atoms with Crippen LogP contribution in [0, 0.1) is 11.3 Å². The van der Waals surface area contributed by atoms with E-state index in [0.717, 1.165) is 20.1 Å². The highest BCUT2D eigenvalue weighted by Crippen LogP contribution is 2.37.